The molecule has 0 spiro atoms. The second kappa shape index (κ2) is 7.16. The molecule has 1 atom stereocenters. The van der Waals surface area contributed by atoms with E-state index in [9.17, 15) is 0 Å². The molecule has 76 valence electrons. The molecule has 0 aliphatic heterocycles. The van der Waals surface area contributed by atoms with E-state index in [2.05, 4.69) is 45.9 Å². The van der Waals surface area contributed by atoms with Crippen LogP contribution >= 0.6 is 16.8 Å². The molecule has 0 N–H and O–H groups in total. The van der Waals surface area contributed by atoms with Gasteiger partial charge in [0.25, 0.3) is 0 Å². The highest BCUT2D eigenvalue weighted by Crippen LogP contribution is 2.10. The van der Waals surface area contributed by atoms with Gasteiger partial charge < -0.3 is 0 Å². The third kappa shape index (κ3) is 4.36. The van der Waals surface area contributed by atoms with Gasteiger partial charge in [0.05, 0.1) is 0 Å². The van der Waals surface area contributed by atoms with E-state index >= 15 is 0 Å². The summed E-state index contributed by atoms with van der Waals surface area (Å²) in [4.78, 5) is 0. The molecule has 0 saturated carbocycles. The van der Waals surface area contributed by atoms with Crippen LogP contribution in [0.25, 0.3) is 0 Å². The number of hydrogen-bond acceptors (Lipinski definition) is 0. The Kier molecular flexibility index (Phi) is 6.08. The van der Waals surface area contributed by atoms with Gasteiger partial charge in [-0.1, -0.05) is 60.2 Å². The molecule has 1 aromatic carbocycles. The summed E-state index contributed by atoms with van der Waals surface area (Å²) in [6.07, 6.45) is 4.89. The topological polar surface area (TPSA) is 0 Å². The van der Waals surface area contributed by atoms with E-state index in [1.54, 1.807) is 0 Å². The summed E-state index contributed by atoms with van der Waals surface area (Å²) in [6, 6.07) is 9.02. The Balaban J connectivity index is 2.50. The van der Waals surface area contributed by atoms with E-state index in [-0.39, 0.29) is 0 Å². The van der Waals surface area contributed by atoms with Crippen LogP contribution < -0.4 is 0 Å². The summed E-state index contributed by atoms with van der Waals surface area (Å²) in [5, 5.41) is 0. The van der Waals surface area contributed by atoms with Crippen molar-refractivity contribution in [3.63, 3.8) is 0 Å². The van der Waals surface area contributed by atoms with Crippen LogP contribution in [0.2, 0.25) is 0 Å². The summed E-state index contributed by atoms with van der Waals surface area (Å²) >= 11 is 0. The van der Waals surface area contributed by atoms with Gasteiger partial charge in [0.1, 0.15) is 0 Å². The van der Waals surface area contributed by atoms with Gasteiger partial charge in [0.2, 0.25) is 0 Å². The summed E-state index contributed by atoms with van der Waals surface area (Å²) in [7, 11) is 3.99. The van der Waals surface area contributed by atoms with Gasteiger partial charge >= 0.3 is 0 Å². The number of benzene rings is 1. The van der Waals surface area contributed by atoms with Crippen molar-refractivity contribution in [3.05, 3.63) is 35.4 Å². The van der Waals surface area contributed by atoms with E-state index in [4.69, 9.17) is 0 Å². The fraction of sp³-hybridized carbons (Fsp3) is 0.417. The van der Waals surface area contributed by atoms with Crippen molar-refractivity contribution < 1.29 is 0 Å². The van der Waals surface area contributed by atoms with Crippen molar-refractivity contribution >= 4 is 22.6 Å². The Morgan fingerprint density at radius 1 is 1.21 bits per heavy atom. The molecule has 1 aromatic rings. The van der Waals surface area contributed by atoms with E-state index in [0.29, 0.717) is 0 Å². The Morgan fingerprint density at radius 2 is 1.86 bits per heavy atom. The summed E-state index contributed by atoms with van der Waals surface area (Å²) < 4.78 is 0. The highest BCUT2D eigenvalue weighted by atomic mass is 32.0. The van der Waals surface area contributed by atoms with Crippen LogP contribution in [0, 0.1) is 0 Å². The molecule has 1 unspecified atom stereocenters. The van der Waals surface area contributed by atoms with E-state index in [0.717, 1.165) is 6.42 Å². The van der Waals surface area contributed by atoms with Crippen LogP contribution in [-0.4, -0.2) is 5.80 Å². The van der Waals surface area contributed by atoms with Crippen molar-refractivity contribution in [2.75, 3.05) is 0 Å². The van der Waals surface area contributed by atoms with Crippen LogP contribution in [0.15, 0.2) is 24.3 Å². The molecule has 0 amide bonds. The quantitative estimate of drug-likeness (QED) is 0.660. The van der Waals surface area contributed by atoms with Crippen LogP contribution in [0.4, 0.5) is 0 Å². The van der Waals surface area contributed by atoms with Crippen molar-refractivity contribution in [1.29, 1.82) is 0 Å². The van der Waals surface area contributed by atoms with Gasteiger partial charge in [-0.05, 0) is 30.4 Å². The lowest BCUT2D eigenvalue weighted by Crippen LogP contribution is -1.87. The first-order valence-electron chi connectivity index (χ1n) is 5.16. The smallest absolute Gasteiger partial charge is 0.00510 e. The van der Waals surface area contributed by atoms with Gasteiger partial charge in [0, 0.05) is 0 Å². The van der Waals surface area contributed by atoms with Crippen molar-refractivity contribution in [1.82, 2.24) is 0 Å². The minimum atomic E-state index is 1.08. The van der Waals surface area contributed by atoms with Crippen molar-refractivity contribution in [2.45, 2.75) is 32.6 Å². The lowest BCUT2D eigenvalue weighted by Gasteiger charge is -2.01. The SMILES string of the molecule is CCCCc1ccc(CC=PP)cc1. The van der Waals surface area contributed by atoms with Gasteiger partial charge in [-0.15, -0.1) is 0 Å². The molecule has 0 radical (unpaired) electrons. The fourth-order valence-corrected chi connectivity index (χ4v) is 2.01. The molecule has 0 bridgehead atoms. The monoisotopic (exact) mass is 224 g/mol. The van der Waals surface area contributed by atoms with Gasteiger partial charge in [-0.2, -0.15) is 0 Å². The standard InChI is InChI=1S/C12H18P2/c1-2-3-4-11-5-7-12(8-6-11)9-10-14-13/h5-8,10H,2-4,9,13H2,1H3. The average molecular weight is 224 g/mol. The number of aryl methyl sites for hydroxylation is 1. The van der Waals surface area contributed by atoms with Crippen LogP contribution in [0.5, 0.6) is 0 Å². The average Bonchev–Trinajstić information content (AvgIpc) is 2.25. The Labute approximate surface area is 91.0 Å². The normalized spacial score (nSPS) is 11.0. The van der Waals surface area contributed by atoms with Crippen LogP contribution in [-0.2, 0) is 12.8 Å². The molecule has 0 heterocycles. The van der Waals surface area contributed by atoms with E-state index in [1.165, 1.54) is 38.3 Å². The zero-order valence-corrected chi connectivity index (χ0v) is 10.8. The molecule has 1 rings (SSSR count). The fourth-order valence-electron chi connectivity index (χ4n) is 1.38. The Hall–Kier alpha value is -0.180. The first kappa shape index (κ1) is 11.9. The molecule has 0 aliphatic carbocycles. The minimum absolute atomic E-state index is 1.08. The minimum Gasteiger partial charge on any atom is -0.0870 e. The maximum Gasteiger partial charge on any atom is -0.00510 e. The Bertz CT molecular complexity index is 275. The maximum absolute atomic E-state index is 2.70. The van der Waals surface area contributed by atoms with E-state index < -0.39 is 0 Å². The van der Waals surface area contributed by atoms with Gasteiger partial charge in [-0.25, -0.2) is 0 Å². The first-order chi connectivity index (χ1) is 6.86. The molecule has 0 aromatic heterocycles. The lowest BCUT2D eigenvalue weighted by atomic mass is 10.1. The van der Waals surface area contributed by atoms with Gasteiger partial charge in [-0.3, -0.25) is 0 Å². The largest absolute Gasteiger partial charge is 0.0870 e. The molecule has 14 heavy (non-hydrogen) atoms. The van der Waals surface area contributed by atoms with Crippen molar-refractivity contribution in [2.24, 2.45) is 0 Å². The van der Waals surface area contributed by atoms with Crippen LogP contribution in [0.1, 0.15) is 30.9 Å². The summed E-state index contributed by atoms with van der Waals surface area (Å²) in [6.45, 7) is 2.24. The zero-order valence-electron chi connectivity index (χ0n) is 8.74. The third-order valence-corrected chi connectivity index (χ3v) is 3.30. The molecule has 0 nitrogen and oxygen atoms in total. The third-order valence-electron chi connectivity index (χ3n) is 2.27. The summed E-state index contributed by atoms with van der Waals surface area (Å²) in [5.41, 5.74) is 2.89. The molecule has 0 aliphatic rings. The molecule has 2 heteroatoms. The summed E-state index contributed by atoms with van der Waals surface area (Å²) in [5.74, 6) is 2.26. The zero-order chi connectivity index (χ0) is 10.2. The predicted molar refractivity (Wildman–Crippen MR) is 71.5 cm³/mol. The number of hydrogen-bond donors (Lipinski definition) is 0. The molecular weight excluding hydrogens is 206 g/mol. The highest BCUT2D eigenvalue weighted by molar-refractivity contribution is 8.01. The maximum atomic E-state index is 2.70. The van der Waals surface area contributed by atoms with E-state index in [1.807, 2.05) is 0 Å². The first-order valence-corrected chi connectivity index (χ1v) is 7.74. The lowest BCUT2D eigenvalue weighted by molar-refractivity contribution is 0.795. The van der Waals surface area contributed by atoms with Crippen molar-refractivity contribution in [3.8, 4) is 0 Å². The Morgan fingerprint density at radius 3 is 2.43 bits per heavy atom. The molecular formula is C12H18P2. The van der Waals surface area contributed by atoms with Crippen LogP contribution in [0.3, 0.4) is 0 Å². The second-order valence-electron chi connectivity index (χ2n) is 3.46. The molecule has 0 fully saturated rings. The number of rotatable bonds is 5. The number of unbranched alkanes of at least 4 members (excludes halogenated alkanes) is 1. The second-order valence-corrected chi connectivity index (χ2v) is 5.01. The highest BCUT2D eigenvalue weighted by Gasteiger charge is 1.93. The predicted octanol–water partition coefficient (Wildman–Crippen LogP) is 4.11. The van der Waals surface area contributed by atoms with Gasteiger partial charge in [0.15, 0.2) is 0 Å². The molecule has 0 saturated heterocycles.